The average molecular weight is 323 g/mol. The summed E-state index contributed by atoms with van der Waals surface area (Å²) >= 11 is 0. The van der Waals surface area contributed by atoms with Gasteiger partial charge in [0.15, 0.2) is 5.03 Å². The van der Waals surface area contributed by atoms with E-state index in [1.54, 1.807) is 12.1 Å². The molecule has 3 rings (SSSR count). The average Bonchev–Trinajstić information content (AvgIpc) is 3.03. The first kappa shape index (κ1) is 15.9. The third-order valence-corrected chi connectivity index (χ3v) is 6.23. The summed E-state index contributed by atoms with van der Waals surface area (Å²) in [4.78, 5) is 6.48. The maximum absolute atomic E-state index is 12.3. The summed E-state index contributed by atoms with van der Waals surface area (Å²) in [5, 5.41) is 0.109. The fourth-order valence-electron chi connectivity index (χ4n) is 3.76. The molecule has 1 aliphatic carbocycles. The molecule has 0 bridgehead atoms. The van der Waals surface area contributed by atoms with Crippen molar-refractivity contribution in [2.24, 2.45) is 0 Å². The van der Waals surface area contributed by atoms with Crippen molar-refractivity contribution in [1.29, 1.82) is 0 Å². The highest BCUT2D eigenvalue weighted by Gasteiger charge is 2.32. The second-order valence-electron chi connectivity index (χ2n) is 6.35. The lowest BCUT2D eigenvalue weighted by Gasteiger charge is -2.35. The number of pyridine rings is 1. The number of hydrogen-bond donors (Lipinski definition) is 1. The highest BCUT2D eigenvalue weighted by Crippen LogP contribution is 2.29. The molecule has 1 aromatic heterocycles. The minimum atomic E-state index is -3.49. The molecule has 0 aromatic carbocycles. The maximum atomic E-state index is 12.3. The second kappa shape index (κ2) is 7.06. The van der Waals surface area contributed by atoms with Gasteiger partial charge in [-0.1, -0.05) is 25.3 Å². The number of hydrogen-bond acceptors (Lipinski definition) is 4. The van der Waals surface area contributed by atoms with Crippen LogP contribution in [0.4, 0.5) is 0 Å². The molecule has 1 aliphatic heterocycles. The van der Waals surface area contributed by atoms with Gasteiger partial charge in [0, 0.05) is 24.8 Å². The number of nitrogens with one attached hydrogen (secondary N) is 1. The smallest absolute Gasteiger partial charge is 0.258 e. The van der Waals surface area contributed by atoms with Gasteiger partial charge in [0.25, 0.3) is 10.0 Å². The van der Waals surface area contributed by atoms with Crippen LogP contribution in [0.5, 0.6) is 0 Å². The maximum Gasteiger partial charge on any atom is 0.258 e. The Bertz CT molecular complexity index is 570. The van der Waals surface area contributed by atoms with Crippen LogP contribution >= 0.6 is 0 Å². The third kappa shape index (κ3) is 3.67. The molecule has 2 aliphatic rings. The van der Waals surface area contributed by atoms with Crippen molar-refractivity contribution in [3.8, 4) is 0 Å². The molecule has 5 nitrogen and oxygen atoms in total. The third-order valence-electron chi connectivity index (χ3n) is 4.89. The fourth-order valence-corrected chi connectivity index (χ4v) is 4.77. The molecule has 1 N–H and O–H groups in total. The van der Waals surface area contributed by atoms with E-state index in [1.807, 2.05) is 0 Å². The summed E-state index contributed by atoms with van der Waals surface area (Å²) < 4.78 is 27.3. The van der Waals surface area contributed by atoms with Gasteiger partial charge in [-0.15, -0.1) is 0 Å². The van der Waals surface area contributed by atoms with Crippen molar-refractivity contribution < 1.29 is 8.42 Å². The van der Waals surface area contributed by atoms with Gasteiger partial charge >= 0.3 is 0 Å². The van der Waals surface area contributed by atoms with E-state index in [4.69, 9.17) is 0 Å². The molecule has 0 amide bonds. The molecule has 1 aromatic rings. The van der Waals surface area contributed by atoms with Gasteiger partial charge in [-0.05, 0) is 44.4 Å². The largest absolute Gasteiger partial charge is 0.296 e. The van der Waals surface area contributed by atoms with Crippen LogP contribution in [0.1, 0.15) is 44.9 Å². The van der Waals surface area contributed by atoms with Crippen LogP contribution < -0.4 is 4.72 Å². The Balaban J connectivity index is 1.60. The van der Waals surface area contributed by atoms with Crippen LogP contribution in [0.3, 0.4) is 0 Å². The fraction of sp³-hybridized carbons (Fsp3) is 0.688. The molecule has 0 spiro atoms. The van der Waals surface area contributed by atoms with E-state index in [9.17, 15) is 8.42 Å². The van der Waals surface area contributed by atoms with Gasteiger partial charge in [0.05, 0.1) is 0 Å². The zero-order chi connectivity index (χ0) is 15.4. The molecule has 6 heteroatoms. The summed E-state index contributed by atoms with van der Waals surface area (Å²) in [6.45, 7) is 1.61. The number of rotatable bonds is 5. The molecular weight excluding hydrogens is 298 g/mol. The van der Waals surface area contributed by atoms with Crippen LogP contribution in [0.2, 0.25) is 0 Å². The lowest BCUT2D eigenvalue weighted by atomic mass is 9.94. The number of likely N-dealkylation sites (tertiary alicyclic amines) is 1. The molecule has 1 saturated heterocycles. The van der Waals surface area contributed by atoms with Crippen molar-refractivity contribution in [2.45, 2.75) is 62.1 Å². The van der Waals surface area contributed by atoms with Gasteiger partial charge < -0.3 is 0 Å². The van der Waals surface area contributed by atoms with Gasteiger partial charge in [0.2, 0.25) is 0 Å². The first-order chi connectivity index (χ1) is 10.7. The van der Waals surface area contributed by atoms with E-state index in [0.717, 1.165) is 13.0 Å². The Kier molecular flexibility index (Phi) is 5.10. The number of sulfonamides is 1. The van der Waals surface area contributed by atoms with Gasteiger partial charge in [-0.2, -0.15) is 0 Å². The molecule has 1 atom stereocenters. The van der Waals surface area contributed by atoms with Crippen molar-refractivity contribution >= 4 is 10.0 Å². The summed E-state index contributed by atoms with van der Waals surface area (Å²) in [6, 6.07) is 5.95. The minimum Gasteiger partial charge on any atom is -0.296 e. The Morgan fingerprint density at radius 2 is 1.95 bits per heavy atom. The van der Waals surface area contributed by atoms with E-state index >= 15 is 0 Å². The van der Waals surface area contributed by atoms with E-state index < -0.39 is 10.0 Å². The summed E-state index contributed by atoms with van der Waals surface area (Å²) in [5.74, 6) is 0. The van der Waals surface area contributed by atoms with Crippen LogP contribution in [0.25, 0.3) is 0 Å². The highest BCUT2D eigenvalue weighted by molar-refractivity contribution is 7.89. The lowest BCUT2D eigenvalue weighted by Crippen LogP contribution is -2.45. The summed E-state index contributed by atoms with van der Waals surface area (Å²) in [7, 11) is -3.49. The molecule has 1 unspecified atom stereocenters. The number of nitrogens with zero attached hydrogens (tertiary/aromatic N) is 2. The Labute approximate surface area is 133 Å². The Morgan fingerprint density at radius 3 is 2.68 bits per heavy atom. The van der Waals surface area contributed by atoms with Crippen LogP contribution in [0.15, 0.2) is 29.4 Å². The van der Waals surface area contributed by atoms with Crippen molar-refractivity contribution in [2.75, 3.05) is 13.1 Å². The Hall–Kier alpha value is -0.980. The molecule has 2 heterocycles. The molecule has 22 heavy (non-hydrogen) atoms. The van der Waals surface area contributed by atoms with Gasteiger partial charge in [0.1, 0.15) is 0 Å². The predicted molar refractivity (Wildman–Crippen MR) is 86.0 cm³/mol. The summed E-state index contributed by atoms with van der Waals surface area (Å²) in [6.07, 6.45) is 10.3. The van der Waals surface area contributed by atoms with Crippen molar-refractivity contribution in [3.63, 3.8) is 0 Å². The van der Waals surface area contributed by atoms with Crippen LogP contribution in [-0.2, 0) is 10.0 Å². The molecule has 1 saturated carbocycles. The van der Waals surface area contributed by atoms with Gasteiger partial charge in [-0.25, -0.2) is 18.1 Å². The van der Waals surface area contributed by atoms with Crippen LogP contribution in [-0.4, -0.2) is 43.5 Å². The molecule has 2 fully saturated rings. The first-order valence-electron chi connectivity index (χ1n) is 8.33. The standard InChI is InChI=1S/C16H25N3O2S/c20-22(21,16-10-4-5-11-17-16)18-13-15-9-6-12-19(15)14-7-2-1-3-8-14/h4-5,10-11,14-15,18H,1-3,6-9,12-13H2. The monoisotopic (exact) mass is 323 g/mol. The van der Waals surface area contributed by atoms with E-state index in [-0.39, 0.29) is 5.03 Å². The normalized spacial score (nSPS) is 24.6. The zero-order valence-corrected chi connectivity index (χ0v) is 13.8. The minimum absolute atomic E-state index is 0.109. The van der Waals surface area contributed by atoms with Crippen molar-refractivity contribution in [1.82, 2.24) is 14.6 Å². The SMILES string of the molecule is O=S(=O)(NCC1CCCN1C1CCCCC1)c1ccccn1. The highest BCUT2D eigenvalue weighted by atomic mass is 32.2. The molecule has 0 radical (unpaired) electrons. The van der Waals surface area contributed by atoms with Crippen molar-refractivity contribution in [3.05, 3.63) is 24.4 Å². The first-order valence-corrected chi connectivity index (χ1v) is 9.81. The topological polar surface area (TPSA) is 62.3 Å². The molecular formula is C16H25N3O2S. The Morgan fingerprint density at radius 1 is 1.14 bits per heavy atom. The second-order valence-corrected chi connectivity index (χ2v) is 8.06. The lowest BCUT2D eigenvalue weighted by molar-refractivity contribution is 0.143. The van der Waals surface area contributed by atoms with E-state index in [2.05, 4.69) is 14.6 Å². The van der Waals surface area contributed by atoms with Crippen LogP contribution in [0, 0.1) is 0 Å². The predicted octanol–water partition coefficient (Wildman–Crippen LogP) is 2.16. The zero-order valence-electron chi connectivity index (χ0n) is 12.9. The van der Waals surface area contributed by atoms with E-state index in [1.165, 1.54) is 50.8 Å². The van der Waals surface area contributed by atoms with E-state index in [0.29, 0.717) is 18.6 Å². The quantitative estimate of drug-likeness (QED) is 0.902. The summed E-state index contributed by atoms with van der Waals surface area (Å²) in [5.41, 5.74) is 0. The number of aromatic nitrogens is 1. The van der Waals surface area contributed by atoms with Gasteiger partial charge in [-0.3, -0.25) is 4.90 Å². The molecule has 122 valence electrons.